The van der Waals surface area contributed by atoms with Crippen LogP contribution in [0.25, 0.3) is 0 Å². The zero-order chi connectivity index (χ0) is 22.7. The molecule has 3 N–H and O–H groups in total. The molecule has 0 bridgehead atoms. The van der Waals surface area contributed by atoms with Gasteiger partial charge in [0.15, 0.2) is 16.6 Å². The van der Waals surface area contributed by atoms with Crippen LogP contribution in [0.5, 0.6) is 11.5 Å². The Morgan fingerprint density at radius 1 is 1.06 bits per heavy atom. The lowest BCUT2D eigenvalue weighted by molar-refractivity contribution is -0.124. The summed E-state index contributed by atoms with van der Waals surface area (Å²) in [6, 6.07) is 11.2. The maximum Gasteiger partial charge on any atom is 0.256 e. The van der Waals surface area contributed by atoms with E-state index in [2.05, 4.69) is 16.2 Å². The van der Waals surface area contributed by atoms with Gasteiger partial charge in [0.1, 0.15) is 19.3 Å². The van der Waals surface area contributed by atoms with Crippen LogP contribution in [0.2, 0.25) is 0 Å². The first-order valence-corrected chi connectivity index (χ1v) is 12.0. The number of benzene rings is 2. The van der Waals surface area contributed by atoms with Crippen LogP contribution in [0.1, 0.15) is 18.4 Å². The van der Waals surface area contributed by atoms with E-state index in [9.17, 15) is 13.2 Å². The lowest BCUT2D eigenvalue weighted by Crippen LogP contribution is -2.52. The number of nitrogens with zero attached hydrogens (tertiary/aromatic N) is 1. The number of carbonyl (C=O) groups is 1. The molecular formula is C21H24N4O5S2. The van der Waals surface area contributed by atoms with Gasteiger partial charge in [0, 0.05) is 18.3 Å². The van der Waals surface area contributed by atoms with Gasteiger partial charge in [0.25, 0.3) is 5.91 Å². The van der Waals surface area contributed by atoms with E-state index in [1.165, 1.54) is 16.4 Å². The summed E-state index contributed by atoms with van der Waals surface area (Å²) in [6.07, 6.45) is 0.989. The summed E-state index contributed by atoms with van der Waals surface area (Å²) in [5, 5.41) is 3.16. The van der Waals surface area contributed by atoms with Crippen molar-refractivity contribution in [3.63, 3.8) is 0 Å². The molecule has 0 aliphatic carbocycles. The van der Waals surface area contributed by atoms with Gasteiger partial charge in [-0.05, 0) is 56.2 Å². The van der Waals surface area contributed by atoms with Gasteiger partial charge in [-0.2, -0.15) is 4.31 Å². The van der Waals surface area contributed by atoms with Crippen LogP contribution in [-0.4, -0.2) is 49.5 Å². The van der Waals surface area contributed by atoms with E-state index in [-0.39, 0.29) is 16.6 Å². The molecule has 2 aliphatic heterocycles. The van der Waals surface area contributed by atoms with Crippen molar-refractivity contribution in [3.05, 3.63) is 48.0 Å². The summed E-state index contributed by atoms with van der Waals surface area (Å²) in [5.41, 5.74) is 7.04. The molecule has 1 atom stereocenters. The minimum absolute atomic E-state index is 0.0611. The summed E-state index contributed by atoms with van der Waals surface area (Å²) in [4.78, 5) is 12.8. The van der Waals surface area contributed by atoms with Gasteiger partial charge in [0.05, 0.1) is 4.90 Å². The lowest BCUT2D eigenvalue weighted by atomic mass is 10.2. The Bertz CT molecular complexity index is 1120. The van der Waals surface area contributed by atoms with Crippen molar-refractivity contribution in [1.29, 1.82) is 0 Å². The number of hydrazine groups is 1. The Balaban J connectivity index is 1.40. The molecule has 1 fully saturated rings. The fraction of sp³-hybridized carbons (Fsp3) is 0.333. The SMILES string of the molecule is Cc1ccc(NC(=S)NNC(=O)[C@H]2CCCN2S(=O)(=O)c2ccc3c(c2)OCCO3)cc1. The van der Waals surface area contributed by atoms with E-state index < -0.39 is 22.0 Å². The van der Waals surface area contributed by atoms with Gasteiger partial charge in [-0.25, -0.2) is 8.42 Å². The predicted molar refractivity (Wildman–Crippen MR) is 123 cm³/mol. The molecule has 1 amide bonds. The number of hydrogen-bond acceptors (Lipinski definition) is 6. The first-order chi connectivity index (χ1) is 15.3. The van der Waals surface area contributed by atoms with E-state index in [0.29, 0.717) is 37.6 Å². The highest BCUT2D eigenvalue weighted by atomic mass is 32.2. The van der Waals surface area contributed by atoms with Gasteiger partial charge in [-0.3, -0.25) is 15.6 Å². The van der Waals surface area contributed by atoms with Crippen LogP contribution in [0.15, 0.2) is 47.4 Å². The van der Waals surface area contributed by atoms with Gasteiger partial charge < -0.3 is 14.8 Å². The number of aryl methyl sites for hydroxylation is 1. The molecule has 32 heavy (non-hydrogen) atoms. The van der Waals surface area contributed by atoms with Crippen molar-refractivity contribution in [2.45, 2.75) is 30.7 Å². The highest BCUT2D eigenvalue weighted by Crippen LogP contribution is 2.34. The number of anilines is 1. The molecule has 11 heteroatoms. The Hall–Kier alpha value is -2.89. The molecule has 2 aromatic rings. The smallest absolute Gasteiger partial charge is 0.256 e. The Kier molecular flexibility index (Phi) is 6.49. The molecule has 4 rings (SSSR count). The molecule has 0 aromatic heterocycles. The zero-order valence-corrected chi connectivity index (χ0v) is 19.1. The predicted octanol–water partition coefficient (Wildman–Crippen LogP) is 1.94. The maximum absolute atomic E-state index is 13.2. The van der Waals surface area contributed by atoms with Gasteiger partial charge in [-0.1, -0.05) is 17.7 Å². The second-order valence-corrected chi connectivity index (χ2v) is 9.81. The highest BCUT2D eigenvalue weighted by Gasteiger charge is 2.40. The van der Waals surface area contributed by atoms with E-state index in [4.69, 9.17) is 21.7 Å². The van der Waals surface area contributed by atoms with Crippen LogP contribution in [0, 0.1) is 6.92 Å². The fourth-order valence-electron chi connectivity index (χ4n) is 3.61. The maximum atomic E-state index is 13.2. The van der Waals surface area contributed by atoms with Crippen molar-refractivity contribution in [2.75, 3.05) is 25.1 Å². The number of nitrogens with one attached hydrogen (secondary N) is 3. The third-order valence-corrected chi connectivity index (χ3v) is 7.34. The summed E-state index contributed by atoms with van der Waals surface area (Å²) in [7, 11) is -3.90. The lowest BCUT2D eigenvalue weighted by Gasteiger charge is -2.25. The van der Waals surface area contributed by atoms with Crippen molar-refractivity contribution in [3.8, 4) is 11.5 Å². The number of ether oxygens (including phenoxy) is 2. The minimum atomic E-state index is -3.90. The van der Waals surface area contributed by atoms with Gasteiger partial charge in [0.2, 0.25) is 10.0 Å². The molecular weight excluding hydrogens is 452 g/mol. The number of thiocarbonyl (C=S) groups is 1. The third kappa shape index (κ3) is 4.79. The van der Waals surface area contributed by atoms with Crippen molar-refractivity contribution in [2.24, 2.45) is 0 Å². The van der Waals surface area contributed by atoms with Gasteiger partial charge in [-0.15, -0.1) is 0 Å². The van der Waals surface area contributed by atoms with E-state index in [1.54, 1.807) is 6.07 Å². The summed E-state index contributed by atoms with van der Waals surface area (Å²) < 4.78 is 38.6. The van der Waals surface area contributed by atoms with E-state index >= 15 is 0 Å². The molecule has 0 radical (unpaired) electrons. The molecule has 2 aliphatic rings. The van der Waals surface area contributed by atoms with E-state index in [0.717, 1.165) is 11.3 Å². The summed E-state index contributed by atoms with van der Waals surface area (Å²) in [5.74, 6) is 0.410. The van der Waals surface area contributed by atoms with Crippen LogP contribution in [0.3, 0.4) is 0 Å². The van der Waals surface area contributed by atoms with E-state index in [1.807, 2.05) is 31.2 Å². The van der Waals surface area contributed by atoms with Crippen LogP contribution in [0.4, 0.5) is 5.69 Å². The van der Waals surface area contributed by atoms with Crippen molar-refractivity contribution >= 4 is 38.9 Å². The first kappa shape index (κ1) is 22.3. The summed E-state index contributed by atoms with van der Waals surface area (Å²) in [6.45, 7) is 3.00. The molecule has 2 aromatic carbocycles. The highest BCUT2D eigenvalue weighted by molar-refractivity contribution is 7.89. The second kappa shape index (κ2) is 9.31. The number of rotatable bonds is 4. The first-order valence-electron chi connectivity index (χ1n) is 10.2. The van der Waals surface area contributed by atoms with Crippen molar-refractivity contribution in [1.82, 2.24) is 15.2 Å². The largest absolute Gasteiger partial charge is 0.486 e. The molecule has 170 valence electrons. The normalized spacial score (nSPS) is 18.1. The van der Waals surface area contributed by atoms with Crippen LogP contribution in [-0.2, 0) is 14.8 Å². The molecule has 2 heterocycles. The Morgan fingerprint density at radius 2 is 1.78 bits per heavy atom. The Morgan fingerprint density at radius 3 is 2.53 bits per heavy atom. The molecule has 9 nitrogen and oxygen atoms in total. The second-order valence-electron chi connectivity index (χ2n) is 7.51. The van der Waals surface area contributed by atoms with Crippen molar-refractivity contribution < 1.29 is 22.7 Å². The molecule has 0 unspecified atom stereocenters. The average Bonchev–Trinajstić information content (AvgIpc) is 3.30. The zero-order valence-electron chi connectivity index (χ0n) is 17.5. The van der Waals surface area contributed by atoms with Crippen LogP contribution < -0.4 is 25.6 Å². The molecule has 1 saturated heterocycles. The quantitative estimate of drug-likeness (QED) is 0.454. The monoisotopic (exact) mass is 476 g/mol. The van der Waals surface area contributed by atoms with Gasteiger partial charge >= 0.3 is 0 Å². The van der Waals surface area contributed by atoms with Crippen LogP contribution >= 0.6 is 12.2 Å². The minimum Gasteiger partial charge on any atom is -0.486 e. The number of carbonyl (C=O) groups excluding carboxylic acids is 1. The molecule has 0 spiro atoms. The summed E-state index contributed by atoms with van der Waals surface area (Å²) >= 11 is 5.20. The number of hydrogen-bond donors (Lipinski definition) is 3. The number of amides is 1. The number of fused-ring (bicyclic) bond motifs is 1. The molecule has 0 saturated carbocycles. The third-order valence-electron chi connectivity index (χ3n) is 5.24. The average molecular weight is 477 g/mol. The topological polar surface area (TPSA) is 109 Å². The Labute approximate surface area is 192 Å². The fourth-order valence-corrected chi connectivity index (χ4v) is 5.45. The number of sulfonamides is 1. The standard InChI is InChI=1S/C21H24N4O5S2/c1-14-4-6-15(7-5-14)22-21(31)24-23-20(26)17-3-2-10-25(17)32(27,28)16-8-9-18-19(13-16)30-12-11-29-18/h4-9,13,17H,2-3,10-12H2,1H3,(H,23,26)(H2,22,24,31)/t17-/m1/s1.